The summed E-state index contributed by atoms with van der Waals surface area (Å²) in [6, 6.07) is 7.89. The summed E-state index contributed by atoms with van der Waals surface area (Å²) in [6.45, 7) is 0.393. The van der Waals surface area contributed by atoms with Crippen molar-refractivity contribution in [1.29, 1.82) is 0 Å². The number of carboxylic acid groups (broad SMARTS) is 1. The third-order valence-electron chi connectivity index (χ3n) is 7.06. The fourth-order valence-corrected chi connectivity index (χ4v) is 7.12. The highest BCUT2D eigenvalue weighted by Gasteiger charge is 2.52. The number of ether oxygens (including phenoxy) is 2. The van der Waals surface area contributed by atoms with Gasteiger partial charge in [-0.1, -0.05) is 0 Å². The van der Waals surface area contributed by atoms with Gasteiger partial charge in [0.05, 0.1) is 12.7 Å². The normalized spacial score (nSPS) is 30.4. The van der Waals surface area contributed by atoms with Crippen molar-refractivity contribution in [1.82, 2.24) is 0 Å². The maximum Gasteiger partial charge on any atom is 0.336 e. The van der Waals surface area contributed by atoms with Crippen LogP contribution in [0.1, 0.15) is 59.3 Å². The van der Waals surface area contributed by atoms with Crippen molar-refractivity contribution in [3.8, 4) is 11.5 Å². The van der Waals surface area contributed by atoms with E-state index in [1.165, 1.54) is 55.4 Å². The minimum Gasteiger partial charge on any atom is -0.496 e. The first kappa shape index (κ1) is 18.0. The van der Waals surface area contributed by atoms with Crippen molar-refractivity contribution in [2.24, 2.45) is 17.8 Å². The van der Waals surface area contributed by atoms with Crippen molar-refractivity contribution in [2.45, 2.75) is 50.5 Å². The Kier molecular flexibility index (Phi) is 4.38. The molecule has 4 bridgehead atoms. The van der Waals surface area contributed by atoms with Crippen LogP contribution in [-0.4, -0.2) is 18.2 Å². The van der Waals surface area contributed by atoms with E-state index in [0.29, 0.717) is 12.2 Å². The van der Waals surface area contributed by atoms with Crippen LogP contribution in [0.3, 0.4) is 0 Å². The Balaban J connectivity index is 1.40. The molecule has 1 heterocycles. The fraction of sp³-hybridized carbons (Fsp3) is 0.522. The van der Waals surface area contributed by atoms with E-state index < -0.39 is 5.97 Å². The lowest BCUT2D eigenvalue weighted by molar-refractivity contribution is -0.00627. The lowest BCUT2D eigenvalue weighted by atomic mass is 9.48. The van der Waals surface area contributed by atoms with Crippen LogP contribution in [0.2, 0.25) is 0 Å². The molecule has 4 saturated carbocycles. The quantitative estimate of drug-likeness (QED) is 0.698. The summed E-state index contributed by atoms with van der Waals surface area (Å²) in [5, 5.41) is 10.7. The SMILES string of the molecule is COc1ccc(OCc2cc(C(=O)O)cs2)cc1C12CC3CC(CC(C3)C1)C2. The van der Waals surface area contributed by atoms with Crippen LogP contribution in [-0.2, 0) is 12.0 Å². The zero-order valence-electron chi connectivity index (χ0n) is 16.1. The van der Waals surface area contributed by atoms with E-state index in [0.717, 1.165) is 34.1 Å². The molecule has 0 atom stereocenters. The number of aromatic carboxylic acids is 1. The minimum atomic E-state index is -0.893. The van der Waals surface area contributed by atoms with Gasteiger partial charge in [0.25, 0.3) is 0 Å². The molecule has 5 heteroatoms. The number of thiophene rings is 1. The molecule has 0 aliphatic heterocycles. The number of methoxy groups -OCH3 is 1. The maximum absolute atomic E-state index is 11.1. The summed E-state index contributed by atoms with van der Waals surface area (Å²) in [7, 11) is 1.76. The first-order chi connectivity index (χ1) is 13.5. The van der Waals surface area contributed by atoms with E-state index in [9.17, 15) is 4.79 Å². The predicted molar refractivity (Wildman–Crippen MR) is 108 cm³/mol. The number of rotatable bonds is 6. The van der Waals surface area contributed by atoms with E-state index in [1.807, 2.05) is 12.1 Å². The molecule has 0 radical (unpaired) electrons. The Bertz CT molecular complexity index is 864. The van der Waals surface area contributed by atoms with Crippen LogP contribution in [0.15, 0.2) is 29.6 Å². The number of hydrogen-bond acceptors (Lipinski definition) is 4. The summed E-state index contributed by atoms with van der Waals surface area (Å²) in [5.74, 6) is 3.56. The second-order valence-electron chi connectivity index (χ2n) is 8.96. The van der Waals surface area contributed by atoms with E-state index in [4.69, 9.17) is 14.6 Å². The molecule has 0 amide bonds. The highest BCUT2D eigenvalue weighted by molar-refractivity contribution is 7.10. The molecule has 0 spiro atoms. The molecule has 4 aliphatic rings. The van der Waals surface area contributed by atoms with Gasteiger partial charge in [-0.25, -0.2) is 4.79 Å². The second-order valence-corrected chi connectivity index (χ2v) is 9.95. The number of carboxylic acids is 1. The Hall–Kier alpha value is -2.01. The van der Waals surface area contributed by atoms with Gasteiger partial charge in [-0.3, -0.25) is 0 Å². The molecule has 4 aliphatic carbocycles. The van der Waals surface area contributed by atoms with E-state index in [2.05, 4.69) is 6.07 Å². The van der Waals surface area contributed by atoms with Gasteiger partial charge in [0.15, 0.2) is 0 Å². The molecule has 1 N–H and O–H groups in total. The zero-order valence-corrected chi connectivity index (χ0v) is 17.0. The highest BCUT2D eigenvalue weighted by Crippen LogP contribution is 2.62. The van der Waals surface area contributed by atoms with Crippen molar-refractivity contribution in [2.75, 3.05) is 7.11 Å². The molecule has 4 fully saturated rings. The molecule has 1 aromatic carbocycles. The first-order valence-electron chi connectivity index (χ1n) is 10.2. The summed E-state index contributed by atoms with van der Waals surface area (Å²) >= 11 is 1.43. The van der Waals surface area contributed by atoms with E-state index in [-0.39, 0.29) is 5.41 Å². The fourth-order valence-electron chi connectivity index (χ4n) is 6.35. The van der Waals surface area contributed by atoms with Crippen LogP contribution in [0.25, 0.3) is 0 Å². The molecule has 0 saturated heterocycles. The average molecular weight is 399 g/mol. The minimum absolute atomic E-state index is 0.249. The van der Waals surface area contributed by atoms with Gasteiger partial charge in [-0.15, -0.1) is 11.3 Å². The van der Waals surface area contributed by atoms with Crippen LogP contribution < -0.4 is 9.47 Å². The van der Waals surface area contributed by atoms with E-state index >= 15 is 0 Å². The second kappa shape index (κ2) is 6.80. The van der Waals surface area contributed by atoms with Gasteiger partial charge in [-0.2, -0.15) is 0 Å². The van der Waals surface area contributed by atoms with Crippen LogP contribution in [0.5, 0.6) is 11.5 Å². The summed E-state index contributed by atoms with van der Waals surface area (Å²) in [6.07, 6.45) is 8.11. The van der Waals surface area contributed by atoms with Crippen molar-refractivity contribution >= 4 is 17.3 Å². The first-order valence-corrected chi connectivity index (χ1v) is 11.0. The van der Waals surface area contributed by atoms with Gasteiger partial charge < -0.3 is 14.6 Å². The Morgan fingerprint density at radius 3 is 2.39 bits per heavy atom. The highest BCUT2D eigenvalue weighted by atomic mass is 32.1. The van der Waals surface area contributed by atoms with Crippen LogP contribution >= 0.6 is 11.3 Å². The Morgan fingerprint density at radius 1 is 1.14 bits per heavy atom. The smallest absolute Gasteiger partial charge is 0.336 e. The summed E-state index contributed by atoms with van der Waals surface area (Å²) in [4.78, 5) is 12.0. The average Bonchev–Trinajstić information content (AvgIpc) is 3.14. The lowest BCUT2D eigenvalue weighted by Crippen LogP contribution is -2.48. The molecular weight excluding hydrogens is 372 g/mol. The van der Waals surface area contributed by atoms with Gasteiger partial charge in [-0.05, 0) is 86.0 Å². The van der Waals surface area contributed by atoms with Gasteiger partial charge in [0, 0.05) is 15.8 Å². The van der Waals surface area contributed by atoms with Crippen LogP contribution in [0, 0.1) is 17.8 Å². The third kappa shape index (κ3) is 3.10. The standard InChI is InChI=1S/C23H26O4S/c1-26-21-3-2-18(27-12-19-7-17(13-28-19)22(24)25)8-20(21)23-9-14-4-15(10-23)6-16(5-14)11-23/h2-3,7-8,13-16H,4-6,9-12H2,1H3,(H,24,25). The van der Waals surface area contributed by atoms with Crippen LogP contribution in [0.4, 0.5) is 0 Å². The summed E-state index contributed by atoms with van der Waals surface area (Å²) in [5.41, 5.74) is 1.90. The molecule has 0 unspecified atom stereocenters. The van der Waals surface area contributed by atoms with Gasteiger partial charge >= 0.3 is 5.97 Å². The lowest BCUT2D eigenvalue weighted by Gasteiger charge is -2.57. The van der Waals surface area contributed by atoms with Crippen molar-refractivity contribution in [3.05, 3.63) is 45.6 Å². The Labute approximate surface area is 169 Å². The van der Waals surface area contributed by atoms with Gasteiger partial charge in [0.1, 0.15) is 18.1 Å². The Morgan fingerprint density at radius 2 is 1.82 bits per heavy atom. The molecular formula is C23H26O4S. The predicted octanol–water partition coefficient (Wildman–Crippen LogP) is 5.50. The number of hydrogen-bond donors (Lipinski definition) is 1. The largest absolute Gasteiger partial charge is 0.496 e. The monoisotopic (exact) mass is 398 g/mol. The zero-order chi connectivity index (χ0) is 19.3. The van der Waals surface area contributed by atoms with Crippen molar-refractivity contribution < 1.29 is 19.4 Å². The molecule has 148 valence electrons. The molecule has 4 nitrogen and oxygen atoms in total. The molecule has 1 aromatic heterocycles. The number of carbonyl (C=O) groups is 1. The van der Waals surface area contributed by atoms with E-state index in [1.54, 1.807) is 18.6 Å². The van der Waals surface area contributed by atoms with Crippen molar-refractivity contribution in [3.63, 3.8) is 0 Å². The molecule has 28 heavy (non-hydrogen) atoms. The topological polar surface area (TPSA) is 55.8 Å². The van der Waals surface area contributed by atoms with Gasteiger partial charge in [0.2, 0.25) is 0 Å². The third-order valence-corrected chi connectivity index (χ3v) is 7.97. The molecule has 2 aromatic rings. The maximum atomic E-state index is 11.1. The number of benzene rings is 1. The molecule has 6 rings (SSSR count). The summed E-state index contributed by atoms with van der Waals surface area (Å²) < 4.78 is 11.8.